The minimum atomic E-state index is 0.781. The quantitative estimate of drug-likeness (QED) is 0.486. The first kappa shape index (κ1) is 10.1. The maximum absolute atomic E-state index is 5.99. The Labute approximate surface area is 107 Å². The Hall–Kier alpha value is -1.05. The van der Waals surface area contributed by atoms with Crippen molar-refractivity contribution in [2.75, 3.05) is 0 Å². The number of rotatable bonds is 0. The fourth-order valence-electron chi connectivity index (χ4n) is 1.94. The minimum absolute atomic E-state index is 0.781. The molecule has 0 heterocycles. The van der Waals surface area contributed by atoms with Gasteiger partial charge in [0.1, 0.15) is 0 Å². The monoisotopic (exact) mass is 290 g/mol. The summed E-state index contributed by atoms with van der Waals surface area (Å²) in [5.74, 6) is 0. The molecule has 0 N–H and O–H groups in total. The molecule has 0 spiro atoms. The molecule has 3 aromatic carbocycles. The van der Waals surface area contributed by atoms with Crippen molar-refractivity contribution in [1.29, 1.82) is 0 Å². The molecule has 0 aliphatic rings. The van der Waals surface area contributed by atoms with Gasteiger partial charge >= 0.3 is 0 Å². The van der Waals surface area contributed by atoms with Crippen LogP contribution in [-0.4, -0.2) is 0 Å². The minimum Gasteiger partial charge on any atom is -0.0843 e. The van der Waals surface area contributed by atoms with Gasteiger partial charge in [-0.05, 0) is 57.9 Å². The first-order valence-corrected chi connectivity index (χ1v) is 6.18. The van der Waals surface area contributed by atoms with Crippen LogP contribution in [0, 0.1) is 0 Å². The summed E-state index contributed by atoms with van der Waals surface area (Å²) in [5, 5.41) is 5.66. The van der Waals surface area contributed by atoms with E-state index in [-0.39, 0.29) is 0 Å². The fourth-order valence-corrected chi connectivity index (χ4v) is 2.50. The molecule has 0 unspecified atom stereocenters. The number of hydrogen-bond donors (Lipinski definition) is 0. The van der Waals surface area contributed by atoms with Gasteiger partial charge in [-0.1, -0.05) is 39.7 Å². The molecule has 0 fully saturated rings. The Kier molecular flexibility index (Phi) is 2.38. The Morgan fingerprint density at radius 2 is 1.31 bits per heavy atom. The van der Waals surface area contributed by atoms with Crippen LogP contribution in [0.25, 0.3) is 21.5 Å². The molecule has 2 heteroatoms. The van der Waals surface area contributed by atoms with Crippen molar-refractivity contribution in [3.63, 3.8) is 0 Å². The topological polar surface area (TPSA) is 0 Å². The first-order chi connectivity index (χ1) is 7.72. The average Bonchev–Trinajstić information content (AvgIpc) is 2.26. The predicted molar refractivity (Wildman–Crippen MR) is 74.2 cm³/mol. The van der Waals surface area contributed by atoms with Crippen molar-refractivity contribution in [3.05, 3.63) is 58.0 Å². The molecule has 0 bridgehead atoms. The molecule has 0 amide bonds. The third kappa shape index (κ3) is 1.70. The molecule has 3 aromatic rings. The smallest absolute Gasteiger partial charge is 0.0412 e. The first-order valence-electron chi connectivity index (χ1n) is 5.01. The zero-order valence-corrected chi connectivity index (χ0v) is 10.7. The van der Waals surface area contributed by atoms with Crippen LogP contribution in [0.2, 0.25) is 5.02 Å². The van der Waals surface area contributed by atoms with Gasteiger partial charge < -0.3 is 0 Å². The van der Waals surface area contributed by atoms with E-state index in [0.717, 1.165) is 9.50 Å². The van der Waals surface area contributed by atoms with Gasteiger partial charge in [-0.2, -0.15) is 0 Å². The summed E-state index contributed by atoms with van der Waals surface area (Å²) in [6.45, 7) is 0. The SMILES string of the molecule is Clc1ccc2cc3cc(Br)ccc3cc2c1. The van der Waals surface area contributed by atoms with Gasteiger partial charge in [0.15, 0.2) is 0 Å². The van der Waals surface area contributed by atoms with Crippen molar-refractivity contribution >= 4 is 49.1 Å². The standard InChI is InChI=1S/C14H8BrCl/c15-13-3-1-9-6-12-8-14(16)4-2-10(12)5-11(9)7-13/h1-8H. The van der Waals surface area contributed by atoms with E-state index in [2.05, 4.69) is 52.3 Å². The summed E-state index contributed by atoms with van der Waals surface area (Å²) in [4.78, 5) is 0. The Bertz CT molecular complexity index is 627. The van der Waals surface area contributed by atoms with E-state index >= 15 is 0 Å². The maximum Gasteiger partial charge on any atom is 0.0412 e. The molecule has 0 aliphatic heterocycles. The number of halogens is 2. The van der Waals surface area contributed by atoms with Gasteiger partial charge in [-0.15, -0.1) is 0 Å². The molecule has 0 radical (unpaired) electrons. The molecular formula is C14H8BrCl. The number of fused-ring (bicyclic) bond motifs is 2. The van der Waals surface area contributed by atoms with Crippen LogP contribution in [0.15, 0.2) is 53.0 Å². The van der Waals surface area contributed by atoms with Crippen molar-refractivity contribution in [1.82, 2.24) is 0 Å². The largest absolute Gasteiger partial charge is 0.0843 e. The van der Waals surface area contributed by atoms with Crippen molar-refractivity contribution in [2.24, 2.45) is 0 Å². The van der Waals surface area contributed by atoms with Crippen LogP contribution in [0.4, 0.5) is 0 Å². The summed E-state index contributed by atoms with van der Waals surface area (Å²) in [6, 6.07) is 16.6. The van der Waals surface area contributed by atoms with Crippen LogP contribution in [0.5, 0.6) is 0 Å². The molecule has 0 atom stereocenters. The van der Waals surface area contributed by atoms with Gasteiger partial charge in [-0.25, -0.2) is 0 Å². The third-order valence-corrected chi connectivity index (χ3v) is 3.45. The maximum atomic E-state index is 5.99. The van der Waals surface area contributed by atoms with Gasteiger partial charge in [0.25, 0.3) is 0 Å². The highest BCUT2D eigenvalue weighted by Gasteiger charge is 1.99. The molecule has 0 saturated carbocycles. The van der Waals surface area contributed by atoms with Gasteiger partial charge in [0.2, 0.25) is 0 Å². The zero-order valence-electron chi connectivity index (χ0n) is 8.37. The molecule has 3 rings (SSSR count). The van der Waals surface area contributed by atoms with Crippen LogP contribution in [-0.2, 0) is 0 Å². The second kappa shape index (κ2) is 3.76. The summed E-state index contributed by atoms with van der Waals surface area (Å²) in [5.41, 5.74) is 0. The van der Waals surface area contributed by atoms with E-state index < -0.39 is 0 Å². The summed E-state index contributed by atoms with van der Waals surface area (Å²) < 4.78 is 1.10. The molecule has 0 saturated heterocycles. The van der Waals surface area contributed by atoms with E-state index in [1.165, 1.54) is 21.5 Å². The Morgan fingerprint density at radius 3 is 2.06 bits per heavy atom. The third-order valence-electron chi connectivity index (χ3n) is 2.72. The van der Waals surface area contributed by atoms with Crippen molar-refractivity contribution < 1.29 is 0 Å². The van der Waals surface area contributed by atoms with E-state index in [4.69, 9.17) is 11.6 Å². The summed E-state index contributed by atoms with van der Waals surface area (Å²) in [7, 11) is 0. The summed E-state index contributed by atoms with van der Waals surface area (Å²) >= 11 is 9.47. The Morgan fingerprint density at radius 1 is 0.688 bits per heavy atom. The van der Waals surface area contributed by atoms with Crippen molar-refractivity contribution in [2.45, 2.75) is 0 Å². The van der Waals surface area contributed by atoms with Crippen molar-refractivity contribution in [3.8, 4) is 0 Å². The molecule has 0 aliphatic carbocycles. The molecular weight excluding hydrogens is 284 g/mol. The normalized spacial score (nSPS) is 11.1. The van der Waals surface area contributed by atoms with Crippen LogP contribution in [0.3, 0.4) is 0 Å². The highest BCUT2D eigenvalue weighted by molar-refractivity contribution is 9.10. The Balaban J connectivity index is 2.44. The number of benzene rings is 3. The molecule has 78 valence electrons. The second-order valence-electron chi connectivity index (χ2n) is 3.84. The van der Waals surface area contributed by atoms with Crippen LogP contribution >= 0.6 is 27.5 Å². The van der Waals surface area contributed by atoms with E-state index in [1.807, 2.05) is 12.1 Å². The van der Waals surface area contributed by atoms with E-state index in [9.17, 15) is 0 Å². The lowest BCUT2D eigenvalue weighted by Gasteiger charge is -2.03. The lowest BCUT2D eigenvalue weighted by Crippen LogP contribution is -1.76. The molecule has 0 aromatic heterocycles. The van der Waals surface area contributed by atoms with Gasteiger partial charge in [0.05, 0.1) is 0 Å². The molecule has 16 heavy (non-hydrogen) atoms. The van der Waals surface area contributed by atoms with E-state index in [0.29, 0.717) is 0 Å². The summed E-state index contributed by atoms with van der Waals surface area (Å²) in [6.07, 6.45) is 0. The zero-order chi connectivity index (χ0) is 11.1. The van der Waals surface area contributed by atoms with Gasteiger partial charge in [0, 0.05) is 9.50 Å². The fraction of sp³-hybridized carbons (Fsp3) is 0. The average molecular weight is 292 g/mol. The van der Waals surface area contributed by atoms with Crippen LogP contribution < -0.4 is 0 Å². The number of hydrogen-bond acceptors (Lipinski definition) is 0. The van der Waals surface area contributed by atoms with E-state index in [1.54, 1.807) is 0 Å². The lowest BCUT2D eigenvalue weighted by atomic mass is 10.0. The van der Waals surface area contributed by atoms with Crippen LogP contribution in [0.1, 0.15) is 0 Å². The predicted octanol–water partition coefficient (Wildman–Crippen LogP) is 5.41. The highest BCUT2D eigenvalue weighted by atomic mass is 79.9. The highest BCUT2D eigenvalue weighted by Crippen LogP contribution is 2.27. The molecule has 0 nitrogen and oxygen atoms in total. The van der Waals surface area contributed by atoms with Gasteiger partial charge in [-0.3, -0.25) is 0 Å². The lowest BCUT2D eigenvalue weighted by molar-refractivity contribution is 1.72. The second-order valence-corrected chi connectivity index (χ2v) is 5.19.